The van der Waals surface area contributed by atoms with Crippen molar-refractivity contribution in [2.75, 3.05) is 5.32 Å². The Hall–Kier alpha value is -1.76. The van der Waals surface area contributed by atoms with Crippen LogP contribution in [0.4, 0.5) is 5.82 Å². The Morgan fingerprint density at radius 2 is 2.73 bits per heavy atom. The molecule has 0 aliphatic carbocycles. The molecule has 0 spiro atoms. The minimum absolute atomic E-state index is 0.0485. The van der Waals surface area contributed by atoms with Crippen LogP contribution < -0.4 is 5.32 Å². The Morgan fingerprint density at radius 3 is 3.27 bits per heavy atom. The van der Waals surface area contributed by atoms with E-state index in [1.807, 2.05) is 0 Å². The lowest BCUT2D eigenvalue weighted by Crippen LogP contribution is -2.09. The van der Waals surface area contributed by atoms with Crippen molar-refractivity contribution in [3.8, 4) is 12.3 Å². The molecule has 1 aromatic heterocycles. The maximum atomic E-state index is 10.8. The molecular formula is C7H6N2O2. The van der Waals surface area contributed by atoms with Gasteiger partial charge in [-0.25, -0.2) is 0 Å². The van der Waals surface area contributed by atoms with Crippen LogP contribution in [0.1, 0.15) is 6.42 Å². The van der Waals surface area contributed by atoms with Crippen molar-refractivity contribution in [2.24, 2.45) is 0 Å². The van der Waals surface area contributed by atoms with Gasteiger partial charge in [0.2, 0.25) is 5.91 Å². The molecule has 0 atom stereocenters. The summed E-state index contributed by atoms with van der Waals surface area (Å²) >= 11 is 0. The van der Waals surface area contributed by atoms with Gasteiger partial charge in [0.05, 0.1) is 6.42 Å². The monoisotopic (exact) mass is 150 g/mol. The number of aromatic nitrogens is 1. The molecule has 0 aliphatic heterocycles. The zero-order valence-electron chi connectivity index (χ0n) is 5.70. The lowest BCUT2D eigenvalue weighted by Gasteiger charge is -1.93. The standard InChI is InChI=1S/C7H6N2O2/c1-2-3-7(10)8-6-4-5-11-9-6/h1,4-5H,3H2,(H,8,9,10). The number of nitrogens with zero attached hydrogens (tertiary/aromatic N) is 1. The van der Waals surface area contributed by atoms with Gasteiger partial charge in [-0.1, -0.05) is 11.1 Å². The van der Waals surface area contributed by atoms with E-state index >= 15 is 0 Å². The van der Waals surface area contributed by atoms with E-state index in [2.05, 4.69) is 20.9 Å². The van der Waals surface area contributed by atoms with Gasteiger partial charge >= 0.3 is 0 Å². The molecule has 0 aliphatic rings. The second-order valence-corrected chi connectivity index (χ2v) is 1.81. The summed E-state index contributed by atoms with van der Waals surface area (Å²) in [5, 5.41) is 5.90. The zero-order valence-corrected chi connectivity index (χ0v) is 5.70. The van der Waals surface area contributed by atoms with Crippen LogP contribution in [-0.4, -0.2) is 11.1 Å². The lowest BCUT2D eigenvalue weighted by atomic mass is 10.4. The number of hydrogen-bond donors (Lipinski definition) is 1. The third-order valence-corrected chi connectivity index (χ3v) is 0.968. The highest BCUT2D eigenvalue weighted by Crippen LogP contribution is 2.00. The second-order valence-electron chi connectivity index (χ2n) is 1.81. The van der Waals surface area contributed by atoms with Crippen LogP contribution in [0.3, 0.4) is 0 Å². The van der Waals surface area contributed by atoms with Crippen molar-refractivity contribution in [3.05, 3.63) is 12.3 Å². The molecule has 0 aromatic carbocycles. The molecule has 0 saturated carbocycles. The van der Waals surface area contributed by atoms with Crippen molar-refractivity contribution in [1.29, 1.82) is 0 Å². The second kappa shape index (κ2) is 3.42. The highest BCUT2D eigenvalue weighted by Gasteiger charge is 2.00. The lowest BCUT2D eigenvalue weighted by molar-refractivity contribution is -0.115. The van der Waals surface area contributed by atoms with Gasteiger partial charge in [-0.2, -0.15) is 0 Å². The largest absolute Gasteiger partial charge is 0.363 e. The van der Waals surface area contributed by atoms with Gasteiger partial charge in [0.15, 0.2) is 5.82 Å². The molecule has 4 heteroatoms. The maximum absolute atomic E-state index is 10.8. The molecule has 0 unspecified atom stereocenters. The summed E-state index contributed by atoms with van der Waals surface area (Å²) in [6.07, 6.45) is 6.32. The van der Waals surface area contributed by atoms with Crippen LogP contribution in [0.5, 0.6) is 0 Å². The van der Waals surface area contributed by atoms with Gasteiger partial charge in [0.1, 0.15) is 6.26 Å². The smallest absolute Gasteiger partial charge is 0.237 e. The third kappa shape index (κ3) is 2.14. The van der Waals surface area contributed by atoms with E-state index < -0.39 is 0 Å². The Balaban J connectivity index is 2.45. The van der Waals surface area contributed by atoms with E-state index in [4.69, 9.17) is 6.42 Å². The first-order valence-electron chi connectivity index (χ1n) is 2.96. The van der Waals surface area contributed by atoms with E-state index in [1.165, 1.54) is 12.3 Å². The Labute approximate surface area is 63.6 Å². The van der Waals surface area contributed by atoms with Crippen molar-refractivity contribution in [2.45, 2.75) is 6.42 Å². The molecule has 1 N–H and O–H groups in total. The fourth-order valence-electron chi connectivity index (χ4n) is 0.557. The van der Waals surface area contributed by atoms with Crippen LogP contribution in [0.15, 0.2) is 16.9 Å². The van der Waals surface area contributed by atoms with E-state index in [1.54, 1.807) is 0 Å². The number of anilines is 1. The van der Waals surface area contributed by atoms with E-state index in [-0.39, 0.29) is 12.3 Å². The quantitative estimate of drug-likeness (QED) is 0.629. The third-order valence-electron chi connectivity index (χ3n) is 0.968. The number of carbonyl (C=O) groups excluding carboxylic acids is 1. The van der Waals surface area contributed by atoms with Crippen LogP contribution in [-0.2, 0) is 4.79 Å². The molecule has 11 heavy (non-hydrogen) atoms. The first-order chi connectivity index (χ1) is 5.33. The minimum Gasteiger partial charge on any atom is -0.363 e. The predicted octanol–water partition coefficient (Wildman–Crippen LogP) is 0.636. The number of rotatable bonds is 2. The van der Waals surface area contributed by atoms with Crippen molar-refractivity contribution in [3.63, 3.8) is 0 Å². The summed E-state index contributed by atoms with van der Waals surface area (Å²) in [4.78, 5) is 10.8. The molecule has 4 nitrogen and oxygen atoms in total. The number of terminal acetylenes is 1. The highest BCUT2D eigenvalue weighted by molar-refractivity contribution is 5.91. The molecule has 56 valence electrons. The van der Waals surface area contributed by atoms with Crippen LogP contribution in [0.2, 0.25) is 0 Å². The summed E-state index contributed by atoms with van der Waals surface area (Å²) in [5.41, 5.74) is 0. The van der Waals surface area contributed by atoms with Crippen molar-refractivity contribution >= 4 is 11.7 Å². The Kier molecular flexibility index (Phi) is 2.28. The molecule has 1 rings (SSSR count). The Bertz CT molecular complexity index is 271. The summed E-state index contributed by atoms with van der Waals surface area (Å²) in [6.45, 7) is 0. The molecule has 1 amide bonds. The van der Waals surface area contributed by atoms with Gasteiger partial charge < -0.3 is 9.84 Å². The van der Waals surface area contributed by atoms with Gasteiger partial charge in [-0.3, -0.25) is 4.79 Å². The van der Waals surface area contributed by atoms with E-state index in [0.717, 1.165) is 0 Å². The normalized spacial score (nSPS) is 8.64. The molecule has 0 fully saturated rings. The summed E-state index contributed by atoms with van der Waals surface area (Å²) in [7, 11) is 0. The molecule has 1 aromatic rings. The fourth-order valence-corrected chi connectivity index (χ4v) is 0.557. The topological polar surface area (TPSA) is 55.1 Å². The molecule has 0 saturated heterocycles. The first-order valence-corrected chi connectivity index (χ1v) is 2.96. The molecular weight excluding hydrogens is 144 g/mol. The van der Waals surface area contributed by atoms with Crippen LogP contribution in [0.25, 0.3) is 0 Å². The molecule has 1 heterocycles. The van der Waals surface area contributed by atoms with Crippen molar-refractivity contribution in [1.82, 2.24) is 5.16 Å². The van der Waals surface area contributed by atoms with Gasteiger partial charge in [0, 0.05) is 6.07 Å². The summed E-state index contributed by atoms with van der Waals surface area (Å²) in [5.74, 6) is 2.33. The average molecular weight is 150 g/mol. The molecule has 0 bridgehead atoms. The first kappa shape index (κ1) is 7.35. The fraction of sp³-hybridized carbons (Fsp3) is 0.143. The number of nitrogens with one attached hydrogen (secondary N) is 1. The number of hydrogen-bond acceptors (Lipinski definition) is 3. The van der Waals surface area contributed by atoms with E-state index in [0.29, 0.717) is 5.82 Å². The van der Waals surface area contributed by atoms with Crippen LogP contribution in [0, 0.1) is 12.3 Å². The molecule has 0 radical (unpaired) electrons. The van der Waals surface area contributed by atoms with Gasteiger partial charge in [-0.05, 0) is 0 Å². The zero-order chi connectivity index (χ0) is 8.10. The summed E-state index contributed by atoms with van der Waals surface area (Å²) < 4.78 is 4.48. The van der Waals surface area contributed by atoms with Gasteiger partial charge in [0.25, 0.3) is 0 Å². The number of amides is 1. The SMILES string of the molecule is C#CCC(=O)Nc1ccon1. The average Bonchev–Trinajstić information content (AvgIpc) is 2.40. The summed E-state index contributed by atoms with van der Waals surface area (Å²) in [6, 6.07) is 1.54. The predicted molar refractivity (Wildman–Crippen MR) is 38.6 cm³/mol. The highest BCUT2D eigenvalue weighted by atomic mass is 16.5. The van der Waals surface area contributed by atoms with Crippen LogP contribution >= 0.6 is 0 Å². The van der Waals surface area contributed by atoms with Crippen molar-refractivity contribution < 1.29 is 9.32 Å². The Morgan fingerprint density at radius 1 is 1.91 bits per heavy atom. The number of carbonyl (C=O) groups is 1. The van der Waals surface area contributed by atoms with E-state index in [9.17, 15) is 4.79 Å². The van der Waals surface area contributed by atoms with Gasteiger partial charge in [-0.15, -0.1) is 6.42 Å². The minimum atomic E-state index is -0.263. The maximum Gasteiger partial charge on any atom is 0.237 e.